The molecule has 3 N–H and O–H groups in total. The van der Waals surface area contributed by atoms with Crippen LogP contribution < -0.4 is 16.0 Å². The lowest BCUT2D eigenvalue weighted by Crippen LogP contribution is -2.11. The molecule has 0 radical (unpaired) electrons. The second kappa shape index (κ2) is 5.85. The predicted octanol–water partition coefficient (Wildman–Crippen LogP) is 3.52. The van der Waals surface area contributed by atoms with Crippen LogP contribution in [-0.4, -0.2) is 9.97 Å². The number of hydrogen-bond donors (Lipinski definition) is 2. The van der Waals surface area contributed by atoms with Gasteiger partial charge in [-0.15, -0.1) is 11.3 Å². The number of nitrogens with one attached hydrogen (secondary N) is 1. The molecule has 0 spiro atoms. The minimum Gasteiger partial charge on any atom is -0.484 e. The van der Waals surface area contributed by atoms with Crippen molar-refractivity contribution in [3.05, 3.63) is 46.1 Å². The summed E-state index contributed by atoms with van der Waals surface area (Å²) in [4.78, 5) is 9.66. The summed E-state index contributed by atoms with van der Waals surface area (Å²) in [6, 6.07) is 7.56. The number of aryl methyl sites for hydroxylation is 1. The van der Waals surface area contributed by atoms with E-state index >= 15 is 0 Å². The van der Waals surface area contributed by atoms with Crippen LogP contribution in [0, 0.1) is 6.92 Å². The lowest BCUT2D eigenvalue weighted by Gasteiger charge is -2.09. The van der Waals surface area contributed by atoms with Crippen molar-refractivity contribution in [1.82, 2.24) is 9.97 Å². The molecule has 21 heavy (non-hydrogen) atoms. The van der Waals surface area contributed by atoms with Gasteiger partial charge in [-0.2, -0.15) is 0 Å². The summed E-state index contributed by atoms with van der Waals surface area (Å²) < 4.78 is 5.68. The van der Waals surface area contributed by atoms with E-state index in [9.17, 15) is 0 Å². The van der Waals surface area contributed by atoms with Gasteiger partial charge < -0.3 is 10.2 Å². The summed E-state index contributed by atoms with van der Waals surface area (Å²) in [7, 11) is 0. The minimum atomic E-state index is 0.227. The zero-order valence-electron chi connectivity index (χ0n) is 11.3. The van der Waals surface area contributed by atoms with Crippen molar-refractivity contribution in [3.63, 3.8) is 0 Å². The number of benzene rings is 1. The molecule has 0 aliphatic heterocycles. The Morgan fingerprint density at radius 3 is 2.95 bits per heavy atom. The molecule has 5 nitrogen and oxygen atoms in total. The molecular formula is C14H13ClN4OS. The molecule has 0 saturated heterocycles. The van der Waals surface area contributed by atoms with Crippen molar-refractivity contribution in [2.45, 2.75) is 13.5 Å². The van der Waals surface area contributed by atoms with E-state index in [4.69, 9.17) is 22.2 Å². The fraction of sp³-hybridized carbons (Fsp3) is 0.143. The maximum atomic E-state index is 6.14. The number of aromatic nitrogens is 2. The van der Waals surface area contributed by atoms with Crippen molar-refractivity contribution in [2.75, 3.05) is 5.43 Å². The van der Waals surface area contributed by atoms with Crippen LogP contribution in [0.5, 0.6) is 5.75 Å². The maximum Gasteiger partial charge on any atom is 0.169 e. The first-order valence-corrected chi connectivity index (χ1v) is 7.53. The van der Waals surface area contributed by atoms with Gasteiger partial charge in [0.2, 0.25) is 0 Å². The molecule has 108 valence electrons. The molecule has 0 aliphatic carbocycles. The smallest absolute Gasteiger partial charge is 0.169 e. The van der Waals surface area contributed by atoms with Crippen molar-refractivity contribution < 1.29 is 4.74 Å². The van der Waals surface area contributed by atoms with E-state index < -0.39 is 0 Å². The topological polar surface area (TPSA) is 73.1 Å². The van der Waals surface area contributed by atoms with Crippen molar-refractivity contribution >= 4 is 39.0 Å². The molecule has 0 fully saturated rings. The lowest BCUT2D eigenvalue weighted by molar-refractivity contribution is 0.297. The summed E-state index contributed by atoms with van der Waals surface area (Å²) in [5.74, 6) is 7.25. The number of fused-ring (bicyclic) bond motifs is 1. The Labute approximate surface area is 130 Å². The monoisotopic (exact) mass is 320 g/mol. The number of hydrogen-bond acceptors (Lipinski definition) is 6. The molecule has 0 bridgehead atoms. The number of rotatable bonds is 4. The Kier molecular flexibility index (Phi) is 3.92. The number of thiophene rings is 1. The van der Waals surface area contributed by atoms with Crippen LogP contribution in [0.4, 0.5) is 5.82 Å². The van der Waals surface area contributed by atoms with Gasteiger partial charge in [-0.3, -0.25) is 0 Å². The van der Waals surface area contributed by atoms with Gasteiger partial charge in [-0.05, 0) is 36.1 Å². The quantitative estimate of drug-likeness (QED) is 0.568. The molecule has 2 aromatic heterocycles. The van der Waals surface area contributed by atoms with Crippen molar-refractivity contribution in [3.8, 4) is 5.75 Å². The summed E-state index contributed by atoms with van der Waals surface area (Å²) >= 11 is 7.67. The van der Waals surface area contributed by atoms with Crippen LogP contribution in [-0.2, 0) is 6.61 Å². The number of hydrazine groups is 1. The normalized spacial score (nSPS) is 10.8. The second-order valence-electron chi connectivity index (χ2n) is 4.49. The van der Waals surface area contributed by atoms with Gasteiger partial charge in [-0.25, -0.2) is 15.8 Å². The van der Waals surface area contributed by atoms with Gasteiger partial charge in [0, 0.05) is 0 Å². The minimum absolute atomic E-state index is 0.227. The Hall–Kier alpha value is -1.89. The number of nitrogens with two attached hydrogens (primary N) is 1. The van der Waals surface area contributed by atoms with Crippen molar-refractivity contribution in [2.24, 2.45) is 5.84 Å². The van der Waals surface area contributed by atoms with Gasteiger partial charge in [0.25, 0.3) is 0 Å². The fourth-order valence-electron chi connectivity index (χ4n) is 1.94. The molecule has 0 amide bonds. The van der Waals surface area contributed by atoms with Gasteiger partial charge >= 0.3 is 0 Å². The summed E-state index contributed by atoms with van der Waals surface area (Å²) in [6.07, 6.45) is 0. The van der Waals surface area contributed by atoms with E-state index in [0.717, 1.165) is 15.8 Å². The maximum absolute atomic E-state index is 6.14. The fourth-order valence-corrected chi connectivity index (χ4v) is 3.01. The van der Waals surface area contributed by atoms with Crippen LogP contribution in [0.15, 0.2) is 29.6 Å². The predicted molar refractivity (Wildman–Crippen MR) is 85.7 cm³/mol. The molecule has 3 rings (SSSR count). The SMILES string of the molecule is Cc1ccc(OCc2nc(NN)c3ccsc3n2)c(Cl)c1. The number of nitrogens with zero attached hydrogens (tertiary/aromatic N) is 2. The second-order valence-corrected chi connectivity index (χ2v) is 5.80. The highest BCUT2D eigenvalue weighted by Crippen LogP contribution is 2.27. The Morgan fingerprint density at radius 2 is 2.19 bits per heavy atom. The molecule has 0 atom stereocenters. The van der Waals surface area contributed by atoms with E-state index in [0.29, 0.717) is 22.4 Å². The van der Waals surface area contributed by atoms with E-state index in [1.165, 1.54) is 11.3 Å². The van der Waals surface area contributed by atoms with Gasteiger partial charge in [-0.1, -0.05) is 17.7 Å². The molecule has 2 heterocycles. The van der Waals surface area contributed by atoms with Crippen LogP contribution in [0.25, 0.3) is 10.2 Å². The van der Waals surface area contributed by atoms with Crippen molar-refractivity contribution in [1.29, 1.82) is 0 Å². The van der Waals surface area contributed by atoms with Crippen LogP contribution in [0.2, 0.25) is 5.02 Å². The first-order chi connectivity index (χ1) is 10.2. The molecule has 3 aromatic rings. The summed E-state index contributed by atoms with van der Waals surface area (Å²) in [6.45, 7) is 2.20. The molecular weight excluding hydrogens is 308 g/mol. The summed E-state index contributed by atoms with van der Waals surface area (Å²) in [5.41, 5.74) is 3.67. The Morgan fingerprint density at radius 1 is 1.33 bits per heavy atom. The van der Waals surface area contributed by atoms with Gasteiger partial charge in [0.05, 0.1) is 10.4 Å². The molecule has 7 heteroatoms. The third kappa shape index (κ3) is 2.92. The lowest BCUT2D eigenvalue weighted by atomic mass is 10.2. The highest BCUT2D eigenvalue weighted by molar-refractivity contribution is 7.16. The van der Waals surface area contributed by atoms with E-state index in [1.807, 2.05) is 36.6 Å². The zero-order valence-corrected chi connectivity index (χ0v) is 12.8. The molecule has 1 aromatic carbocycles. The van der Waals surface area contributed by atoms with E-state index in [-0.39, 0.29) is 6.61 Å². The van der Waals surface area contributed by atoms with Crippen LogP contribution in [0.1, 0.15) is 11.4 Å². The Bertz CT molecular complexity index is 790. The highest BCUT2D eigenvalue weighted by Gasteiger charge is 2.09. The van der Waals surface area contributed by atoms with Crippen LogP contribution in [0.3, 0.4) is 0 Å². The molecule has 0 saturated carbocycles. The standard InChI is InChI=1S/C14H13ClN4OS/c1-8-2-3-11(10(15)6-8)20-7-12-17-13(19-16)9-4-5-21-14(9)18-12/h2-6H,7,16H2,1H3,(H,17,18,19). The van der Waals surface area contributed by atoms with E-state index in [1.54, 1.807) is 0 Å². The Balaban J connectivity index is 1.84. The number of ether oxygens (including phenoxy) is 1. The summed E-state index contributed by atoms with van der Waals surface area (Å²) in [5, 5.41) is 3.42. The first-order valence-electron chi connectivity index (χ1n) is 6.27. The number of halogens is 1. The average molecular weight is 321 g/mol. The third-order valence-electron chi connectivity index (χ3n) is 2.95. The van der Waals surface area contributed by atoms with Gasteiger partial charge in [0.1, 0.15) is 17.2 Å². The molecule has 0 unspecified atom stereocenters. The highest BCUT2D eigenvalue weighted by atomic mass is 35.5. The zero-order chi connectivity index (χ0) is 14.8. The number of anilines is 1. The van der Waals surface area contributed by atoms with Gasteiger partial charge in [0.15, 0.2) is 11.6 Å². The number of nitrogen functional groups attached to an aromatic ring is 1. The first kappa shape index (κ1) is 14.1. The van der Waals surface area contributed by atoms with Crippen LogP contribution >= 0.6 is 22.9 Å². The third-order valence-corrected chi connectivity index (χ3v) is 4.05. The van der Waals surface area contributed by atoms with E-state index in [2.05, 4.69) is 15.4 Å². The molecule has 0 aliphatic rings. The average Bonchev–Trinajstić information content (AvgIpc) is 2.93. The largest absolute Gasteiger partial charge is 0.484 e.